The normalized spacial score (nSPS) is 14.4. The molecule has 2 heterocycles. The van der Waals surface area contributed by atoms with Crippen molar-refractivity contribution in [1.29, 1.82) is 0 Å². The van der Waals surface area contributed by atoms with Gasteiger partial charge in [0.1, 0.15) is 5.75 Å². The fraction of sp³-hybridized carbons (Fsp3) is 0.375. The van der Waals surface area contributed by atoms with Crippen molar-refractivity contribution < 1.29 is 14.3 Å². The minimum absolute atomic E-state index is 0.120. The van der Waals surface area contributed by atoms with E-state index in [9.17, 15) is 4.79 Å². The molecule has 1 aromatic heterocycles. The van der Waals surface area contributed by atoms with Crippen LogP contribution in [0, 0.1) is 5.92 Å². The Morgan fingerprint density at radius 1 is 1.15 bits per heavy atom. The Hall–Kier alpha value is -2.48. The maximum Gasteiger partial charge on any atom is 0.309 e. The maximum atomic E-state index is 12.1. The first-order valence-corrected chi connectivity index (χ1v) is 12.1. The number of carbonyl (C=O) groups excluding carboxylic acids is 1. The van der Waals surface area contributed by atoms with E-state index in [0.717, 1.165) is 10.9 Å². The minimum atomic E-state index is -0.152. The van der Waals surface area contributed by atoms with Crippen molar-refractivity contribution in [3.05, 3.63) is 50.6 Å². The van der Waals surface area contributed by atoms with Gasteiger partial charge in [-0.2, -0.15) is 5.10 Å². The average Bonchev–Trinajstić information content (AvgIpc) is 2.83. The van der Waals surface area contributed by atoms with Gasteiger partial charge in [-0.15, -0.1) is 5.10 Å². The first-order valence-electron chi connectivity index (χ1n) is 11.0. The summed E-state index contributed by atoms with van der Waals surface area (Å²) >= 11 is 19.1. The van der Waals surface area contributed by atoms with Gasteiger partial charge >= 0.3 is 5.97 Å². The molecule has 34 heavy (non-hydrogen) atoms. The maximum absolute atomic E-state index is 12.1. The molecule has 0 saturated carbocycles. The van der Waals surface area contributed by atoms with E-state index >= 15 is 0 Å². The fourth-order valence-corrected chi connectivity index (χ4v) is 4.92. The van der Waals surface area contributed by atoms with Gasteiger partial charge in [0.05, 0.1) is 51.5 Å². The molecular weight excluding hydrogens is 499 g/mol. The zero-order valence-electron chi connectivity index (χ0n) is 18.9. The third kappa shape index (κ3) is 4.83. The topological polar surface area (TPSA) is 90.6 Å². The van der Waals surface area contributed by atoms with Gasteiger partial charge in [0.2, 0.25) is 0 Å². The van der Waals surface area contributed by atoms with Crippen molar-refractivity contribution in [1.82, 2.24) is 10.2 Å². The van der Waals surface area contributed by atoms with Gasteiger partial charge in [0, 0.05) is 24.9 Å². The van der Waals surface area contributed by atoms with Crippen LogP contribution in [0.25, 0.3) is 10.8 Å². The molecule has 0 aliphatic carbocycles. The van der Waals surface area contributed by atoms with Gasteiger partial charge in [-0.25, -0.2) is 0 Å². The first-order chi connectivity index (χ1) is 16.3. The number of benzene rings is 2. The molecular formula is C24H25Cl3N4O3. The Labute approximate surface area is 213 Å². The Morgan fingerprint density at radius 2 is 1.88 bits per heavy atom. The molecule has 4 rings (SSSR count). The summed E-state index contributed by atoms with van der Waals surface area (Å²) in [5, 5.41) is 11.7. The molecule has 0 radical (unpaired) electrons. The van der Waals surface area contributed by atoms with Crippen LogP contribution in [0.4, 0.5) is 11.5 Å². The Kier molecular flexibility index (Phi) is 7.55. The number of halogens is 3. The molecule has 10 heteroatoms. The summed E-state index contributed by atoms with van der Waals surface area (Å²) < 4.78 is 10.4. The largest absolute Gasteiger partial charge is 0.495 e. The van der Waals surface area contributed by atoms with Crippen LogP contribution < -0.4 is 15.4 Å². The Balaban J connectivity index is 1.71. The number of ether oxygens (including phenoxy) is 2. The molecule has 3 aromatic rings. The summed E-state index contributed by atoms with van der Waals surface area (Å²) in [5.41, 5.74) is 8.44. The number of nitrogens with two attached hydrogens (primary N) is 1. The number of fused-ring (bicyclic) bond motifs is 1. The van der Waals surface area contributed by atoms with E-state index in [-0.39, 0.29) is 16.9 Å². The van der Waals surface area contributed by atoms with Gasteiger partial charge in [-0.05, 0) is 43.5 Å². The second-order valence-electron chi connectivity index (χ2n) is 8.14. The molecule has 2 aromatic carbocycles. The van der Waals surface area contributed by atoms with Crippen LogP contribution in [0.2, 0.25) is 15.1 Å². The van der Waals surface area contributed by atoms with E-state index in [1.165, 1.54) is 0 Å². The molecule has 0 bridgehead atoms. The van der Waals surface area contributed by atoms with Crippen LogP contribution in [0.1, 0.15) is 31.0 Å². The van der Waals surface area contributed by atoms with Crippen molar-refractivity contribution in [3.8, 4) is 5.75 Å². The van der Waals surface area contributed by atoms with E-state index in [1.807, 2.05) is 25.1 Å². The number of nitrogen functional groups attached to an aromatic ring is 1. The highest BCUT2D eigenvalue weighted by molar-refractivity contribution is 6.45. The lowest BCUT2D eigenvalue weighted by Gasteiger charge is -2.32. The summed E-state index contributed by atoms with van der Waals surface area (Å²) in [6, 6.07) is 7.35. The minimum Gasteiger partial charge on any atom is -0.495 e. The van der Waals surface area contributed by atoms with E-state index in [1.54, 1.807) is 13.2 Å². The van der Waals surface area contributed by atoms with E-state index in [4.69, 9.17) is 50.0 Å². The molecule has 1 saturated heterocycles. The SMILES string of the molecule is CCOC(=O)C1CCN(c2nnc(Cc3ccc(OC)c(Cl)c3)c3cc(Cl)c(Cl)c(N)c23)CC1. The van der Waals surface area contributed by atoms with E-state index < -0.39 is 0 Å². The lowest BCUT2D eigenvalue weighted by molar-refractivity contribution is -0.148. The number of piperidine rings is 1. The van der Waals surface area contributed by atoms with Crippen molar-refractivity contribution in [2.75, 3.05) is 37.4 Å². The zero-order chi connectivity index (χ0) is 24.4. The molecule has 1 aliphatic heterocycles. The quantitative estimate of drug-likeness (QED) is 0.334. The number of nitrogens with zero attached hydrogens (tertiary/aromatic N) is 3. The second kappa shape index (κ2) is 10.4. The molecule has 1 aliphatic rings. The highest BCUT2D eigenvalue weighted by Crippen LogP contribution is 2.41. The van der Waals surface area contributed by atoms with Crippen molar-refractivity contribution in [3.63, 3.8) is 0 Å². The second-order valence-corrected chi connectivity index (χ2v) is 9.33. The lowest BCUT2D eigenvalue weighted by Crippen LogP contribution is -2.37. The predicted molar refractivity (Wildman–Crippen MR) is 136 cm³/mol. The highest BCUT2D eigenvalue weighted by atomic mass is 35.5. The van der Waals surface area contributed by atoms with Crippen LogP contribution in [-0.4, -0.2) is 43.0 Å². The average molecular weight is 524 g/mol. The molecule has 0 spiro atoms. The molecule has 0 atom stereocenters. The standard InChI is InChI=1S/C24H25Cl3N4O3/c1-3-34-24(32)14-6-8-31(9-7-14)23-20-15(12-17(26)21(27)22(20)28)18(29-30-23)11-13-4-5-19(33-2)16(25)10-13/h4-5,10,12,14H,3,6-9,11,28H2,1-2H3. The van der Waals surface area contributed by atoms with Gasteiger partial charge in [-0.1, -0.05) is 40.9 Å². The first kappa shape index (κ1) is 24.6. The number of anilines is 2. The molecule has 1 fully saturated rings. The third-order valence-corrected chi connectivity index (χ3v) is 7.16. The van der Waals surface area contributed by atoms with Crippen molar-refractivity contribution in [2.24, 2.45) is 5.92 Å². The highest BCUT2D eigenvalue weighted by Gasteiger charge is 2.29. The third-order valence-electron chi connectivity index (χ3n) is 6.06. The molecule has 0 unspecified atom stereocenters. The Morgan fingerprint density at radius 3 is 2.53 bits per heavy atom. The van der Waals surface area contributed by atoms with Gasteiger partial charge < -0.3 is 20.1 Å². The Bertz CT molecular complexity index is 1230. The van der Waals surface area contributed by atoms with E-state index in [0.29, 0.717) is 77.3 Å². The van der Waals surface area contributed by atoms with Crippen LogP contribution in [0.3, 0.4) is 0 Å². The summed E-state index contributed by atoms with van der Waals surface area (Å²) in [4.78, 5) is 14.2. The number of carbonyl (C=O) groups is 1. The fourth-order valence-electron chi connectivity index (χ4n) is 4.28. The van der Waals surface area contributed by atoms with Gasteiger partial charge in [-0.3, -0.25) is 4.79 Å². The van der Waals surface area contributed by atoms with Crippen LogP contribution in [0.5, 0.6) is 5.75 Å². The summed E-state index contributed by atoms with van der Waals surface area (Å²) in [7, 11) is 1.57. The molecule has 0 amide bonds. The number of hydrogen-bond acceptors (Lipinski definition) is 7. The molecule has 180 valence electrons. The number of esters is 1. The van der Waals surface area contributed by atoms with Gasteiger partial charge in [0.15, 0.2) is 5.82 Å². The number of rotatable bonds is 6. The smallest absolute Gasteiger partial charge is 0.309 e. The molecule has 2 N–H and O–H groups in total. The van der Waals surface area contributed by atoms with Crippen LogP contribution >= 0.6 is 34.8 Å². The number of aromatic nitrogens is 2. The summed E-state index contributed by atoms with van der Waals surface area (Å²) in [6.45, 7) is 3.44. The van der Waals surface area contributed by atoms with E-state index in [2.05, 4.69) is 15.1 Å². The lowest BCUT2D eigenvalue weighted by atomic mass is 9.96. The summed E-state index contributed by atoms with van der Waals surface area (Å²) in [5.74, 6) is 0.956. The van der Waals surface area contributed by atoms with Crippen molar-refractivity contribution >= 4 is 63.0 Å². The number of methoxy groups -OCH3 is 1. The van der Waals surface area contributed by atoms with Crippen LogP contribution in [-0.2, 0) is 16.0 Å². The van der Waals surface area contributed by atoms with Crippen molar-refractivity contribution in [2.45, 2.75) is 26.2 Å². The monoisotopic (exact) mass is 522 g/mol. The summed E-state index contributed by atoms with van der Waals surface area (Å²) in [6.07, 6.45) is 1.79. The number of hydrogen-bond donors (Lipinski definition) is 1. The predicted octanol–water partition coefficient (Wildman–Crippen LogP) is 5.55. The van der Waals surface area contributed by atoms with Gasteiger partial charge in [0.25, 0.3) is 0 Å². The zero-order valence-corrected chi connectivity index (χ0v) is 21.2. The van der Waals surface area contributed by atoms with Crippen LogP contribution in [0.15, 0.2) is 24.3 Å². The molecule has 7 nitrogen and oxygen atoms in total.